The fraction of sp³-hybridized carbons (Fsp3) is 0.846. The number of hydrogen-bond acceptors (Lipinski definition) is 8. The maximum absolute atomic E-state index is 12.1. The molecular formula is C13H28N4O4. The van der Waals surface area contributed by atoms with E-state index in [1.807, 2.05) is 0 Å². The fourth-order valence-corrected chi connectivity index (χ4v) is 1.51. The molecule has 0 amide bonds. The topological polar surface area (TPSA) is 157 Å². The van der Waals surface area contributed by atoms with E-state index < -0.39 is 35.0 Å². The predicted molar refractivity (Wildman–Crippen MR) is 78.5 cm³/mol. The van der Waals surface area contributed by atoms with Gasteiger partial charge in [-0.05, 0) is 27.2 Å². The molecule has 0 heterocycles. The lowest BCUT2D eigenvalue weighted by Crippen LogP contribution is -2.72. The van der Waals surface area contributed by atoms with Gasteiger partial charge in [-0.2, -0.15) is 0 Å². The Morgan fingerprint density at radius 2 is 1.52 bits per heavy atom. The summed E-state index contributed by atoms with van der Waals surface area (Å²) in [5, 5.41) is 0. The van der Waals surface area contributed by atoms with E-state index in [1.54, 1.807) is 34.6 Å². The molecule has 0 radical (unpaired) electrons. The van der Waals surface area contributed by atoms with Crippen molar-refractivity contribution in [3.8, 4) is 0 Å². The average molecular weight is 304 g/mol. The molecule has 0 spiro atoms. The molecule has 0 rings (SSSR count). The summed E-state index contributed by atoms with van der Waals surface area (Å²) in [5.74, 6) is -1.36. The smallest absolute Gasteiger partial charge is 0.344 e. The van der Waals surface area contributed by atoms with E-state index in [9.17, 15) is 9.59 Å². The van der Waals surface area contributed by atoms with Crippen LogP contribution < -0.4 is 22.9 Å². The Hall–Kier alpha value is -1.22. The lowest BCUT2D eigenvalue weighted by molar-refractivity contribution is -0.207. The van der Waals surface area contributed by atoms with Crippen molar-refractivity contribution >= 4 is 11.9 Å². The maximum atomic E-state index is 12.1. The summed E-state index contributed by atoms with van der Waals surface area (Å²) in [6.45, 7) is 8.38. The van der Waals surface area contributed by atoms with Crippen LogP contribution in [0.15, 0.2) is 0 Å². The molecule has 8 nitrogen and oxygen atoms in total. The van der Waals surface area contributed by atoms with Gasteiger partial charge in [-0.1, -0.05) is 13.8 Å². The predicted octanol–water partition coefficient (Wildman–Crippen LogP) is -0.713. The highest BCUT2D eigenvalue weighted by Gasteiger charge is 2.49. The van der Waals surface area contributed by atoms with Crippen molar-refractivity contribution < 1.29 is 19.1 Å². The summed E-state index contributed by atoms with van der Waals surface area (Å²) in [4.78, 5) is 23.6. The van der Waals surface area contributed by atoms with Gasteiger partial charge in [0.05, 0.1) is 6.17 Å². The van der Waals surface area contributed by atoms with Crippen molar-refractivity contribution in [2.45, 2.75) is 70.5 Å². The monoisotopic (exact) mass is 304 g/mol. The van der Waals surface area contributed by atoms with Crippen molar-refractivity contribution in [3.05, 3.63) is 0 Å². The molecule has 8 heteroatoms. The second-order valence-corrected chi connectivity index (χ2v) is 5.77. The van der Waals surface area contributed by atoms with E-state index in [0.29, 0.717) is 6.42 Å². The largest absolute Gasteiger partial charge is 0.455 e. The van der Waals surface area contributed by atoms with Crippen molar-refractivity contribution in [1.82, 2.24) is 0 Å². The minimum Gasteiger partial charge on any atom is -0.455 e. The molecular weight excluding hydrogens is 276 g/mol. The Morgan fingerprint density at radius 1 is 1.05 bits per heavy atom. The van der Waals surface area contributed by atoms with Crippen LogP contribution >= 0.6 is 0 Å². The zero-order valence-electron chi connectivity index (χ0n) is 13.4. The third-order valence-corrected chi connectivity index (χ3v) is 3.83. The van der Waals surface area contributed by atoms with E-state index in [0.717, 1.165) is 0 Å². The first-order chi connectivity index (χ1) is 9.34. The van der Waals surface area contributed by atoms with Crippen LogP contribution in [0.1, 0.15) is 47.5 Å². The van der Waals surface area contributed by atoms with E-state index in [1.165, 1.54) is 0 Å². The zero-order valence-corrected chi connectivity index (χ0v) is 13.4. The normalized spacial score (nSPS) is 15.5. The molecule has 21 heavy (non-hydrogen) atoms. The molecule has 0 fully saturated rings. The highest BCUT2D eigenvalue weighted by atomic mass is 16.6. The number of rotatable bonds is 7. The molecule has 124 valence electrons. The number of carbonyl (C=O) groups excluding carboxylic acids is 2. The van der Waals surface area contributed by atoms with Crippen LogP contribution in [0.4, 0.5) is 0 Å². The Labute approximate surface area is 125 Å². The summed E-state index contributed by atoms with van der Waals surface area (Å²) >= 11 is 0. The fourth-order valence-electron chi connectivity index (χ4n) is 1.51. The first-order valence-corrected chi connectivity index (χ1v) is 6.88. The minimum atomic E-state index is -2.03. The lowest BCUT2D eigenvalue weighted by Gasteiger charge is -2.43. The van der Waals surface area contributed by atoms with E-state index in [4.69, 9.17) is 32.4 Å². The molecule has 0 saturated carbocycles. The number of carbonyl (C=O) groups is 2. The van der Waals surface area contributed by atoms with Crippen LogP contribution in [0.5, 0.6) is 0 Å². The number of esters is 2. The highest BCUT2D eigenvalue weighted by molar-refractivity contribution is 5.81. The molecule has 0 aliphatic heterocycles. The molecule has 0 bridgehead atoms. The minimum absolute atomic E-state index is 0.211. The van der Waals surface area contributed by atoms with Crippen molar-refractivity contribution in [3.63, 3.8) is 0 Å². The van der Waals surface area contributed by atoms with Gasteiger partial charge < -0.3 is 32.4 Å². The first-order valence-electron chi connectivity index (χ1n) is 6.88. The molecule has 1 atom stereocenters. The molecule has 0 aliphatic carbocycles. The lowest BCUT2D eigenvalue weighted by atomic mass is 9.84. The highest BCUT2D eigenvalue weighted by Crippen LogP contribution is 2.33. The SMILES string of the molecule is CCC(=O)OC(C)(C)C(C)(CC)OC(=O)C(N)(N)C(N)N. The quantitative estimate of drug-likeness (QED) is 0.355. The zero-order chi connectivity index (χ0) is 17.1. The molecule has 1 unspecified atom stereocenters. The number of ether oxygens (including phenoxy) is 2. The van der Waals surface area contributed by atoms with Crippen LogP contribution in [0.3, 0.4) is 0 Å². The summed E-state index contributed by atoms with van der Waals surface area (Å²) in [6, 6.07) is 0. The van der Waals surface area contributed by atoms with Gasteiger partial charge >= 0.3 is 11.9 Å². The molecule has 0 aliphatic rings. The molecule has 0 aromatic rings. The number of nitrogens with two attached hydrogens (primary N) is 4. The van der Waals surface area contributed by atoms with Gasteiger partial charge in [0.25, 0.3) is 0 Å². The standard InChI is InChI=1S/C13H28N4O4/c1-6-8(18)20-11(3,4)12(5,7-2)21-10(19)13(16,17)9(14)15/h9H,6-7,14-17H2,1-5H3. The van der Waals surface area contributed by atoms with E-state index in [2.05, 4.69) is 0 Å². The molecule has 0 aromatic carbocycles. The Morgan fingerprint density at radius 3 is 1.86 bits per heavy atom. The summed E-state index contributed by atoms with van der Waals surface area (Å²) < 4.78 is 10.8. The second-order valence-electron chi connectivity index (χ2n) is 5.77. The van der Waals surface area contributed by atoms with E-state index in [-0.39, 0.29) is 6.42 Å². The van der Waals surface area contributed by atoms with Gasteiger partial charge in [0.1, 0.15) is 11.2 Å². The molecule has 8 N–H and O–H groups in total. The van der Waals surface area contributed by atoms with Crippen molar-refractivity contribution in [2.24, 2.45) is 22.9 Å². The van der Waals surface area contributed by atoms with Gasteiger partial charge in [0.15, 0.2) is 5.66 Å². The third kappa shape index (κ3) is 4.37. The van der Waals surface area contributed by atoms with E-state index >= 15 is 0 Å². The maximum Gasteiger partial charge on any atom is 0.344 e. The summed E-state index contributed by atoms with van der Waals surface area (Å²) in [6.07, 6.45) is -0.700. The Bertz CT molecular complexity index is 396. The van der Waals surface area contributed by atoms with Gasteiger partial charge in [-0.15, -0.1) is 0 Å². The van der Waals surface area contributed by atoms with Gasteiger partial charge in [-0.25, -0.2) is 4.79 Å². The van der Waals surface area contributed by atoms with Gasteiger partial charge in [0.2, 0.25) is 0 Å². The van der Waals surface area contributed by atoms with Crippen molar-refractivity contribution in [2.75, 3.05) is 0 Å². The van der Waals surface area contributed by atoms with Crippen molar-refractivity contribution in [1.29, 1.82) is 0 Å². The van der Waals surface area contributed by atoms with Gasteiger partial charge in [0, 0.05) is 6.42 Å². The summed E-state index contributed by atoms with van der Waals surface area (Å²) in [7, 11) is 0. The Kier molecular flexibility index (Phi) is 6.31. The molecule has 0 aromatic heterocycles. The van der Waals surface area contributed by atoms with Crippen LogP contribution in [0.25, 0.3) is 0 Å². The van der Waals surface area contributed by atoms with Gasteiger partial charge in [-0.3, -0.25) is 4.79 Å². The second kappa shape index (κ2) is 6.69. The van der Waals surface area contributed by atoms with Crippen LogP contribution in [-0.4, -0.2) is 35.0 Å². The summed E-state index contributed by atoms with van der Waals surface area (Å²) in [5.41, 5.74) is 17.7. The van der Waals surface area contributed by atoms with Crippen LogP contribution in [-0.2, 0) is 19.1 Å². The molecule has 0 saturated heterocycles. The van der Waals surface area contributed by atoms with Crippen LogP contribution in [0, 0.1) is 0 Å². The van der Waals surface area contributed by atoms with Crippen LogP contribution in [0.2, 0.25) is 0 Å². The number of hydrogen-bond donors (Lipinski definition) is 4. The average Bonchev–Trinajstić information content (AvgIpc) is 2.37. The first kappa shape index (κ1) is 19.8. The Balaban J connectivity index is 5.29. The third-order valence-electron chi connectivity index (χ3n) is 3.83.